The minimum Gasteiger partial charge on any atom is -0.462 e. The first-order valence-electron chi connectivity index (χ1n) is 8.36. The summed E-state index contributed by atoms with van der Waals surface area (Å²) in [5.74, 6) is -0.396. The van der Waals surface area contributed by atoms with Crippen LogP contribution in [0.1, 0.15) is 18.5 Å². The van der Waals surface area contributed by atoms with Gasteiger partial charge in [0.1, 0.15) is 0 Å². The maximum Gasteiger partial charge on any atom is 0.344 e. The van der Waals surface area contributed by atoms with Crippen molar-refractivity contribution in [2.45, 2.75) is 18.1 Å². The molecule has 0 saturated carbocycles. The van der Waals surface area contributed by atoms with Crippen LogP contribution in [0.15, 0.2) is 64.7 Å². The van der Waals surface area contributed by atoms with Crippen molar-refractivity contribution in [2.75, 3.05) is 6.61 Å². The van der Waals surface area contributed by atoms with E-state index in [0.717, 1.165) is 16.6 Å². The fourth-order valence-corrected chi connectivity index (χ4v) is 4.05. The van der Waals surface area contributed by atoms with Gasteiger partial charge in [-0.05, 0) is 54.6 Å². The predicted molar refractivity (Wildman–Crippen MR) is 102 cm³/mol. The van der Waals surface area contributed by atoms with Crippen LogP contribution in [0.5, 0.6) is 0 Å². The highest BCUT2D eigenvalue weighted by Crippen LogP contribution is 2.41. The number of benzene rings is 2. The van der Waals surface area contributed by atoms with Gasteiger partial charge in [0.25, 0.3) is 5.69 Å². The zero-order valence-corrected chi connectivity index (χ0v) is 15.2. The van der Waals surface area contributed by atoms with Crippen molar-refractivity contribution in [3.8, 4) is 0 Å². The first-order valence-corrected chi connectivity index (χ1v) is 9.18. The van der Waals surface area contributed by atoms with Crippen LogP contribution in [0.2, 0.25) is 0 Å². The third kappa shape index (κ3) is 3.08. The van der Waals surface area contributed by atoms with E-state index in [-0.39, 0.29) is 18.3 Å². The molecule has 0 saturated heterocycles. The first-order chi connectivity index (χ1) is 13.1. The molecule has 0 fully saturated rings. The highest BCUT2D eigenvalue weighted by Gasteiger charge is 2.29. The molecule has 0 amide bonds. The molecule has 1 unspecified atom stereocenters. The van der Waals surface area contributed by atoms with E-state index in [1.165, 1.54) is 23.9 Å². The van der Waals surface area contributed by atoms with Gasteiger partial charge in [0.2, 0.25) is 0 Å². The smallest absolute Gasteiger partial charge is 0.344 e. The molecular weight excluding hydrogens is 366 g/mol. The number of hydrogen-bond donors (Lipinski definition) is 0. The average molecular weight is 381 g/mol. The van der Waals surface area contributed by atoms with Gasteiger partial charge in [0, 0.05) is 12.1 Å². The molecule has 7 nitrogen and oxygen atoms in total. The first kappa shape index (κ1) is 17.3. The third-order valence-electron chi connectivity index (χ3n) is 4.27. The van der Waals surface area contributed by atoms with Crippen LogP contribution in [0.4, 0.5) is 5.69 Å². The van der Waals surface area contributed by atoms with E-state index in [9.17, 15) is 14.9 Å². The normalized spacial score (nSPS) is 15.9. The predicted octanol–water partition coefficient (Wildman–Crippen LogP) is 4.09. The van der Waals surface area contributed by atoms with Crippen molar-refractivity contribution in [3.63, 3.8) is 0 Å². The topological polar surface area (TPSA) is 87.3 Å². The van der Waals surface area contributed by atoms with Gasteiger partial charge in [-0.1, -0.05) is 12.1 Å². The summed E-state index contributed by atoms with van der Waals surface area (Å²) in [5.41, 5.74) is 2.61. The Morgan fingerprint density at radius 2 is 2.00 bits per heavy atom. The van der Waals surface area contributed by atoms with Crippen LogP contribution in [-0.4, -0.2) is 27.1 Å². The lowest BCUT2D eigenvalue weighted by Crippen LogP contribution is -2.17. The molecule has 0 radical (unpaired) electrons. The van der Waals surface area contributed by atoms with Crippen molar-refractivity contribution in [1.29, 1.82) is 0 Å². The van der Waals surface area contributed by atoms with Crippen LogP contribution in [0, 0.1) is 10.1 Å². The Morgan fingerprint density at radius 3 is 2.70 bits per heavy atom. The number of carbonyl (C=O) groups excluding carboxylic acids is 1. The van der Waals surface area contributed by atoms with Crippen LogP contribution < -0.4 is 0 Å². The Labute approximate surface area is 158 Å². The quantitative estimate of drug-likeness (QED) is 0.384. The summed E-state index contributed by atoms with van der Waals surface area (Å²) in [4.78, 5) is 27.9. The Balaban J connectivity index is 1.86. The van der Waals surface area contributed by atoms with Gasteiger partial charge >= 0.3 is 5.97 Å². The highest BCUT2D eigenvalue weighted by molar-refractivity contribution is 8.03. The number of nitro groups is 1. The molecule has 1 aromatic heterocycles. The molecular formula is C19H15N3O4S. The Morgan fingerprint density at radius 1 is 1.26 bits per heavy atom. The summed E-state index contributed by atoms with van der Waals surface area (Å²) in [5, 5.41) is 11.6. The van der Waals surface area contributed by atoms with Crippen molar-refractivity contribution >= 4 is 34.5 Å². The zero-order chi connectivity index (χ0) is 19.0. The molecule has 0 spiro atoms. The number of ether oxygens (including phenoxy) is 1. The van der Waals surface area contributed by atoms with Gasteiger partial charge in [-0.3, -0.25) is 10.1 Å². The summed E-state index contributed by atoms with van der Waals surface area (Å²) in [7, 11) is 0. The van der Waals surface area contributed by atoms with Crippen molar-refractivity contribution in [3.05, 3.63) is 75.2 Å². The molecule has 1 atom stereocenters. The molecule has 1 aliphatic heterocycles. The monoisotopic (exact) mass is 381 g/mol. The molecule has 4 rings (SSSR count). The van der Waals surface area contributed by atoms with Gasteiger partial charge in [0.05, 0.1) is 33.5 Å². The summed E-state index contributed by atoms with van der Waals surface area (Å²) in [6.45, 7) is 2.05. The molecule has 1 aliphatic rings. The van der Waals surface area contributed by atoms with E-state index in [4.69, 9.17) is 4.74 Å². The standard InChI is InChI=1S/C19H15N3O4S/c1-2-26-18(23)17-11-16(12-7-9-13(10-8-12)22(24)25)21-15-6-4-3-5-14(15)20-19(21)27-17/h3-11,16H,2H2,1H3. The van der Waals surface area contributed by atoms with E-state index in [2.05, 4.69) is 4.98 Å². The molecule has 3 aromatic rings. The number of imidazole rings is 1. The lowest BCUT2D eigenvalue weighted by atomic mass is 10.0. The third-order valence-corrected chi connectivity index (χ3v) is 5.27. The molecule has 0 bridgehead atoms. The van der Waals surface area contributed by atoms with E-state index in [1.807, 2.05) is 34.9 Å². The minimum absolute atomic E-state index is 0.0224. The Hall–Kier alpha value is -3.13. The van der Waals surface area contributed by atoms with Crippen LogP contribution in [-0.2, 0) is 9.53 Å². The van der Waals surface area contributed by atoms with E-state index in [0.29, 0.717) is 10.1 Å². The van der Waals surface area contributed by atoms with Gasteiger partial charge in [-0.15, -0.1) is 0 Å². The number of para-hydroxylation sites is 2. The second-order valence-electron chi connectivity index (χ2n) is 5.90. The van der Waals surface area contributed by atoms with Crippen molar-refractivity contribution in [2.24, 2.45) is 0 Å². The molecule has 8 heteroatoms. The highest BCUT2D eigenvalue weighted by atomic mass is 32.2. The summed E-state index contributed by atoms with van der Waals surface area (Å²) >= 11 is 1.27. The molecule has 2 aromatic carbocycles. The largest absolute Gasteiger partial charge is 0.462 e. The second kappa shape index (κ2) is 6.88. The molecule has 27 heavy (non-hydrogen) atoms. The average Bonchev–Trinajstić information content (AvgIpc) is 3.06. The number of thioether (sulfide) groups is 1. The van der Waals surface area contributed by atoms with E-state index < -0.39 is 10.9 Å². The lowest BCUT2D eigenvalue weighted by molar-refractivity contribution is -0.384. The number of esters is 1. The number of allylic oxidation sites excluding steroid dienone is 1. The van der Waals surface area contributed by atoms with Gasteiger partial charge in [-0.25, -0.2) is 9.78 Å². The number of hydrogen-bond acceptors (Lipinski definition) is 6. The molecule has 136 valence electrons. The summed E-state index contributed by atoms with van der Waals surface area (Å²) in [6, 6.07) is 13.8. The number of rotatable bonds is 4. The van der Waals surface area contributed by atoms with Gasteiger partial charge in [0.15, 0.2) is 5.16 Å². The van der Waals surface area contributed by atoms with Gasteiger partial charge in [-0.2, -0.15) is 0 Å². The fraction of sp³-hybridized carbons (Fsp3) is 0.158. The SMILES string of the molecule is CCOC(=O)C1=CC(c2ccc([N+](=O)[O-])cc2)n2c(nc3ccccc32)S1. The van der Waals surface area contributed by atoms with Crippen LogP contribution >= 0.6 is 11.8 Å². The molecule has 2 heterocycles. The number of carbonyl (C=O) groups is 1. The van der Waals surface area contributed by atoms with E-state index in [1.54, 1.807) is 19.1 Å². The Kier molecular flexibility index (Phi) is 4.41. The maximum absolute atomic E-state index is 12.3. The molecule has 0 aliphatic carbocycles. The number of fused-ring (bicyclic) bond motifs is 3. The van der Waals surface area contributed by atoms with Crippen molar-refractivity contribution in [1.82, 2.24) is 9.55 Å². The summed E-state index contributed by atoms with van der Waals surface area (Å²) in [6.07, 6.45) is 1.82. The summed E-state index contributed by atoms with van der Waals surface area (Å²) < 4.78 is 7.18. The van der Waals surface area contributed by atoms with Gasteiger partial charge < -0.3 is 9.30 Å². The van der Waals surface area contributed by atoms with Crippen LogP contribution in [0.25, 0.3) is 11.0 Å². The number of nitrogens with zero attached hydrogens (tertiary/aromatic N) is 3. The van der Waals surface area contributed by atoms with E-state index >= 15 is 0 Å². The Bertz CT molecular complexity index is 1070. The minimum atomic E-state index is -0.432. The fourth-order valence-electron chi connectivity index (χ4n) is 3.06. The van der Waals surface area contributed by atoms with Crippen molar-refractivity contribution < 1.29 is 14.5 Å². The zero-order valence-electron chi connectivity index (χ0n) is 14.4. The number of aromatic nitrogens is 2. The lowest BCUT2D eigenvalue weighted by Gasteiger charge is -2.24. The van der Waals surface area contributed by atoms with Crippen LogP contribution in [0.3, 0.4) is 0 Å². The molecule has 0 N–H and O–H groups in total. The second-order valence-corrected chi connectivity index (χ2v) is 6.91. The number of non-ortho nitro benzene ring substituents is 1. The maximum atomic E-state index is 12.3. The number of nitro benzene ring substituents is 1.